The molecule has 0 aliphatic carbocycles. The van der Waals surface area contributed by atoms with E-state index >= 15 is 0 Å². The molecular formula is C21H35N4O5S+. The maximum absolute atomic E-state index is 12.0. The van der Waals surface area contributed by atoms with E-state index in [-0.39, 0.29) is 29.5 Å². The van der Waals surface area contributed by atoms with Crippen molar-refractivity contribution in [3.8, 4) is 0 Å². The van der Waals surface area contributed by atoms with E-state index in [1.165, 1.54) is 16.7 Å². The number of carbonyl (C=O) groups is 3. The van der Waals surface area contributed by atoms with E-state index in [4.69, 9.17) is 10.5 Å². The number of hydrogen-bond acceptors (Lipinski definition) is 7. The van der Waals surface area contributed by atoms with Gasteiger partial charge in [0.2, 0.25) is 5.91 Å². The van der Waals surface area contributed by atoms with E-state index in [0.29, 0.717) is 28.9 Å². The minimum Gasteiger partial charge on any atom is -0.477 e. The molecule has 0 spiro atoms. The molecule has 2 heterocycles. The monoisotopic (exact) mass is 455 g/mol. The molecule has 2 rings (SSSR count). The topological polar surface area (TPSA) is 122 Å². The summed E-state index contributed by atoms with van der Waals surface area (Å²) in [5.74, 6) is -1.19. The molecule has 1 fully saturated rings. The van der Waals surface area contributed by atoms with E-state index < -0.39 is 17.6 Å². The predicted molar refractivity (Wildman–Crippen MR) is 120 cm³/mol. The molecule has 9 nitrogen and oxygen atoms in total. The van der Waals surface area contributed by atoms with Gasteiger partial charge in [0, 0.05) is 18.7 Å². The summed E-state index contributed by atoms with van der Waals surface area (Å²) in [5, 5.41) is 12.4. The first-order chi connectivity index (χ1) is 14.3. The smallest absolute Gasteiger partial charge is 0.352 e. The highest BCUT2D eigenvalue weighted by Crippen LogP contribution is 2.39. The van der Waals surface area contributed by atoms with Crippen LogP contribution < -0.4 is 11.1 Å². The molecule has 0 aromatic heterocycles. The van der Waals surface area contributed by atoms with Gasteiger partial charge in [-0.2, -0.15) is 0 Å². The molecule has 0 aromatic rings. The van der Waals surface area contributed by atoms with Gasteiger partial charge < -0.3 is 25.4 Å². The highest BCUT2D eigenvalue weighted by atomic mass is 32.2. The molecule has 31 heavy (non-hydrogen) atoms. The fraction of sp³-hybridized carbons (Fsp3) is 0.667. The SMILES string of the molecule is CC(C)(C)OC(=O)CNCCC[N+](C)(C)CC=CC1=C(C(=O)O)N2C(=O)[C@@H](N)[C@H]2SC1. The Morgan fingerprint density at radius 3 is 2.68 bits per heavy atom. The van der Waals surface area contributed by atoms with Gasteiger partial charge >= 0.3 is 11.9 Å². The van der Waals surface area contributed by atoms with Crippen LogP contribution in [0.3, 0.4) is 0 Å². The molecule has 0 saturated carbocycles. The number of allylic oxidation sites excluding steroid dienone is 1. The summed E-state index contributed by atoms with van der Waals surface area (Å²) in [6, 6.07) is -0.621. The van der Waals surface area contributed by atoms with Gasteiger partial charge in [-0.05, 0) is 32.4 Å². The van der Waals surface area contributed by atoms with Gasteiger partial charge in [0.05, 0.1) is 33.7 Å². The number of rotatable bonds is 10. The third-order valence-electron chi connectivity index (χ3n) is 4.97. The quantitative estimate of drug-likeness (QED) is 0.189. The second-order valence-corrected chi connectivity index (χ2v) is 10.6. The summed E-state index contributed by atoms with van der Waals surface area (Å²) in [6.45, 7) is 8.01. The largest absolute Gasteiger partial charge is 0.477 e. The summed E-state index contributed by atoms with van der Waals surface area (Å²) < 4.78 is 5.97. The average molecular weight is 456 g/mol. The van der Waals surface area contributed by atoms with Gasteiger partial charge in [-0.1, -0.05) is 6.08 Å². The number of likely N-dealkylation sites (N-methyl/N-ethyl adjacent to an activating group) is 1. The minimum absolute atomic E-state index is 0.0448. The van der Waals surface area contributed by atoms with Crippen molar-refractivity contribution in [2.45, 2.75) is 44.2 Å². The van der Waals surface area contributed by atoms with Gasteiger partial charge in [-0.15, -0.1) is 11.8 Å². The molecule has 4 N–H and O–H groups in total. The number of carboxylic acid groups (broad SMARTS) is 1. The molecule has 0 bridgehead atoms. The van der Waals surface area contributed by atoms with Gasteiger partial charge in [0.25, 0.3) is 0 Å². The van der Waals surface area contributed by atoms with Crippen LogP contribution in [0.2, 0.25) is 0 Å². The van der Waals surface area contributed by atoms with Crippen LogP contribution in [0.5, 0.6) is 0 Å². The number of carboxylic acids is 1. The normalized spacial score (nSPS) is 21.9. The third-order valence-corrected chi connectivity index (χ3v) is 6.29. The second-order valence-electron chi connectivity index (χ2n) is 9.48. The Morgan fingerprint density at radius 2 is 2.06 bits per heavy atom. The Bertz CT molecular complexity index is 772. The zero-order chi connectivity index (χ0) is 23.4. The lowest BCUT2D eigenvalue weighted by Gasteiger charge is -2.47. The highest BCUT2D eigenvalue weighted by Gasteiger charge is 2.51. The molecular weight excluding hydrogens is 420 g/mol. The van der Waals surface area contributed by atoms with E-state index in [0.717, 1.165) is 13.0 Å². The number of β-lactam (4-membered cyclic amide) rings is 1. The van der Waals surface area contributed by atoms with Crippen LogP contribution >= 0.6 is 11.8 Å². The van der Waals surface area contributed by atoms with E-state index in [9.17, 15) is 19.5 Å². The number of fused-ring (bicyclic) bond motifs is 1. The maximum Gasteiger partial charge on any atom is 0.352 e. The molecule has 0 aromatic carbocycles. The molecule has 2 atom stereocenters. The van der Waals surface area contributed by atoms with Crippen molar-refractivity contribution in [2.24, 2.45) is 5.73 Å². The minimum atomic E-state index is -1.10. The lowest BCUT2D eigenvalue weighted by Crippen LogP contribution is -2.68. The fourth-order valence-electron chi connectivity index (χ4n) is 3.44. The van der Waals surface area contributed by atoms with Crippen molar-refractivity contribution in [1.29, 1.82) is 0 Å². The molecule has 174 valence electrons. The number of nitrogens with one attached hydrogen (secondary N) is 1. The van der Waals surface area contributed by atoms with Crippen molar-refractivity contribution in [2.75, 3.05) is 46.0 Å². The number of aliphatic carboxylic acids is 1. The van der Waals surface area contributed by atoms with Crippen LogP contribution in [-0.2, 0) is 19.1 Å². The van der Waals surface area contributed by atoms with Gasteiger partial charge in [-0.25, -0.2) is 4.79 Å². The number of amides is 1. The first-order valence-corrected chi connectivity index (χ1v) is 11.4. The molecule has 1 amide bonds. The molecule has 10 heteroatoms. The van der Waals surface area contributed by atoms with Crippen LogP contribution in [0, 0.1) is 0 Å². The molecule has 2 aliphatic heterocycles. The van der Waals surface area contributed by atoms with E-state index in [1.54, 1.807) is 0 Å². The first kappa shape index (κ1) is 25.4. The lowest BCUT2D eigenvalue weighted by molar-refractivity contribution is -0.884. The Balaban J connectivity index is 1.81. The average Bonchev–Trinajstić information content (AvgIpc) is 2.64. The number of thioether (sulfide) groups is 1. The molecule has 0 unspecified atom stereocenters. The fourth-order valence-corrected chi connectivity index (χ4v) is 4.70. The lowest BCUT2D eigenvalue weighted by atomic mass is 10.0. The zero-order valence-corrected chi connectivity index (χ0v) is 19.8. The molecule has 0 radical (unpaired) electrons. The number of esters is 1. The number of quaternary nitrogens is 1. The summed E-state index contributed by atoms with van der Waals surface area (Å²) in [6.07, 6.45) is 4.65. The van der Waals surface area contributed by atoms with Gasteiger partial charge in [0.15, 0.2) is 0 Å². The number of nitrogens with zero attached hydrogens (tertiary/aromatic N) is 2. The summed E-state index contributed by atoms with van der Waals surface area (Å²) >= 11 is 1.49. The van der Waals surface area contributed by atoms with Crippen molar-refractivity contribution in [3.63, 3.8) is 0 Å². The Morgan fingerprint density at radius 1 is 1.39 bits per heavy atom. The van der Waals surface area contributed by atoms with Gasteiger partial charge in [0.1, 0.15) is 22.7 Å². The highest BCUT2D eigenvalue weighted by molar-refractivity contribution is 8.00. The third kappa shape index (κ3) is 7.06. The molecule has 1 saturated heterocycles. The van der Waals surface area contributed by atoms with Gasteiger partial charge in [-0.3, -0.25) is 14.5 Å². The summed E-state index contributed by atoms with van der Waals surface area (Å²) in [5.41, 5.74) is 5.97. The van der Waals surface area contributed by atoms with Crippen molar-refractivity contribution >= 4 is 29.6 Å². The first-order valence-electron chi connectivity index (χ1n) is 10.4. The van der Waals surface area contributed by atoms with E-state index in [1.807, 2.05) is 32.9 Å². The van der Waals surface area contributed by atoms with Crippen LogP contribution in [0.25, 0.3) is 0 Å². The second kappa shape index (κ2) is 10.2. The number of nitrogens with two attached hydrogens (primary N) is 1. The Labute approximate surface area is 188 Å². The number of ether oxygens (including phenoxy) is 1. The van der Waals surface area contributed by atoms with E-state index in [2.05, 4.69) is 19.4 Å². The van der Waals surface area contributed by atoms with Crippen LogP contribution in [0.15, 0.2) is 23.4 Å². The Kier molecular flexibility index (Phi) is 8.32. The van der Waals surface area contributed by atoms with Crippen molar-refractivity contribution in [3.05, 3.63) is 23.4 Å². The Hall–Kier alpha value is -1.88. The number of hydrogen-bond donors (Lipinski definition) is 3. The van der Waals surface area contributed by atoms with Crippen molar-refractivity contribution < 1.29 is 28.7 Å². The summed E-state index contributed by atoms with van der Waals surface area (Å²) in [7, 11) is 4.18. The summed E-state index contributed by atoms with van der Waals surface area (Å²) in [4.78, 5) is 36.7. The zero-order valence-electron chi connectivity index (χ0n) is 19.0. The standard InChI is InChI=1S/C21H34N4O5S/c1-21(2,3)30-15(26)12-23-9-7-11-25(4,5)10-6-8-14-13-31-19-16(22)18(27)24(19)17(14)20(28)29/h6,8,16,19,23H,7,9-13,22H2,1-5H3/p+1/t16-,19-/m1/s1. The van der Waals surface area contributed by atoms with Crippen molar-refractivity contribution in [1.82, 2.24) is 10.2 Å². The maximum atomic E-state index is 12.0. The van der Waals surface area contributed by atoms with Crippen LogP contribution in [0.1, 0.15) is 27.2 Å². The number of carbonyl (C=O) groups excluding carboxylic acids is 2. The predicted octanol–water partition coefficient (Wildman–Crippen LogP) is 0.522. The van der Waals surface area contributed by atoms with Crippen LogP contribution in [0.4, 0.5) is 0 Å². The molecule has 2 aliphatic rings. The van der Waals surface area contributed by atoms with Crippen LogP contribution in [-0.4, -0.2) is 95.4 Å².